The number of likely N-dealkylation sites (tertiary alicyclic amines) is 1. The first-order chi connectivity index (χ1) is 9.54. The molecular weight excluding hydrogens is 250 g/mol. The molecule has 0 aromatic heterocycles. The van der Waals surface area contributed by atoms with Gasteiger partial charge in [0.05, 0.1) is 5.92 Å². The van der Waals surface area contributed by atoms with Crippen molar-refractivity contribution in [2.45, 2.75) is 26.7 Å². The van der Waals surface area contributed by atoms with Crippen molar-refractivity contribution in [1.82, 2.24) is 4.90 Å². The molecule has 1 aliphatic rings. The molecule has 3 unspecified atom stereocenters. The van der Waals surface area contributed by atoms with Gasteiger partial charge in [-0.2, -0.15) is 0 Å². The number of piperidine rings is 1. The van der Waals surface area contributed by atoms with Gasteiger partial charge in [0, 0.05) is 19.6 Å². The van der Waals surface area contributed by atoms with Crippen molar-refractivity contribution in [3.05, 3.63) is 35.9 Å². The monoisotopic (exact) mass is 275 g/mol. The van der Waals surface area contributed by atoms with E-state index < -0.39 is 5.97 Å². The number of aliphatic carboxylic acids is 1. The fourth-order valence-electron chi connectivity index (χ4n) is 3.31. The predicted octanol–water partition coefficient (Wildman–Crippen LogP) is 2.91. The van der Waals surface area contributed by atoms with Crippen LogP contribution in [0.5, 0.6) is 0 Å². The predicted molar refractivity (Wildman–Crippen MR) is 80.7 cm³/mol. The van der Waals surface area contributed by atoms with Crippen molar-refractivity contribution in [2.24, 2.45) is 17.8 Å². The van der Waals surface area contributed by atoms with Crippen LogP contribution in [-0.2, 0) is 11.2 Å². The van der Waals surface area contributed by atoms with E-state index in [4.69, 9.17) is 0 Å². The van der Waals surface area contributed by atoms with Gasteiger partial charge in [-0.15, -0.1) is 0 Å². The third-order valence-corrected chi connectivity index (χ3v) is 4.08. The van der Waals surface area contributed by atoms with Crippen molar-refractivity contribution >= 4 is 5.97 Å². The summed E-state index contributed by atoms with van der Waals surface area (Å²) in [5.74, 6) is 0.200. The summed E-state index contributed by atoms with van der Waals surface area (Å²) < 4.78 is 0. The van der Waals surface area contributed by atoms with E-state index in [1.54, 1.807) is 0 Å². The molecule has 110 valence electrons. The van der Waals surface area contributed by atoms with Crippen LogP contribution in [0.3, 0.4) is 0 Å². The highest BCUT2D eigenvalue weighted by Crippen LogP contribution is 2.23. The standard InChI is InChI=1S/C17H25NO2/c1-13(8-15-6-4-3-5-7-15)10-18-11-14(2)9-16(12-18)17(19)20/h3-7,13-14,16H,8-12H2,1-2H3,(H,19,20). The molecule has 0 radical (unpaired) electrons. The van der Waals surface area contributed by atoms with E-state index in [1.165, 1.54) is 5.56 Å². The number of benzene rings is 1. The summed E-state index contributed by atoms with van der Waals surface area (Å²) in [6.45, 7) is 7.14. The Bertz CT molecular complexity index is 432. The number of carboxylic acid groups (broad SMARTS) is 1. The molecular formula is C17H25NO2. The van der Waals surface area contributed by atoms with Gasteiger partial charge in [-0.1, -0.05) is 44.2 Å². The number of nitrogens with zero attached hydrogens (tertiary/aromatic N) is 1. The second-order valence-corrected chi connectivity index (χ2v) is 6.39. The van der Waals surface area contributed by atoms with Crippen LogP contribution in [0.25, 0.3) is 0 Å². The molecule has 0 bridgehead atoms. The number of carboxylic acids is 1. The Morgan fingerprint density at radius 3 is 2.70 bits per heavy atom. The van der Waals surface area contributed by atoms with E-state index in [9.17, 15) is 9.90 Å². The molecule has 0 spiro atoms. The van der Waals surface area contributed by atoms with E-state index in [0.29, 0.717) is 18.4 Å². The lowest BCUT2D eigenvalue weighted by molar-refractivity contribution is -0.144. The Balaban J connectivity index is 1.87. The van der Waals surface area contributed by atoms with Crippen LogP contribution in [-0.4, -0.2) is 35.6 Å². The van der Waals surface area contributed by atoms with Crippen molar-refractivity contribution < 1.29 is 9.90 Å². The quantitative estimate of drug-likeness (QED) is 0.898. The minimum Gasteiger partial charge on any atom is -0.481 e. The average Bonchev–Trinajstić information content (AvgIpc) is 2.38. The van der Waals surface area contributed by atoms with Gasteiger partial charge in [0.25, 0.3) is 0 Å². The van der Waals surface area contributed by atoms with Crippen LogP contribution in [0, 0.1) is 17.8 Å². The second-order valence-electron chi connectivity index (χ2n) is 6.39. The largest absolute Gasteiger partial charge is 0.481 e. The molecule has 0 amide bonds. The molecule has 1 heterocycles. The SMILES string of the molecule is CC(Cc1ccccc1)CN1CC(C)CC(C(=O)O)C1. The highest BCUT2D eigenvalue weighted by atomic mass is 16.4. The van der Waals surface area contributed by atoms with Crippen molar-refractivity contribution in [2.75, 3.05) is 19.6 Å². The summed E-state index contributed by atoms with van der Waals surface area (Å²) in [6.07, 6.45) is 1.88. The van der Waals surface area contributed by atoms with Crippen molar-refractivity contribution in [3.63, 3.8) is 0 Å². The van der Waals surface area contributed by atoms with Gasteiger partial charge in [0.2, 0.25) is 0 Å². The van der Waals surface area contributed by atoms with Crippen LogP contribution < -0.4 is 0 Å². The first-order valence-electron chi connectivity index (χ1n) is 7.53. The Labute approximate surface area is 121 Å². The molecule has 1 fully saturated rings. The Kier molecular flexibility index (Phi) is 5.18. The van der Waals surface area contributed by atoms with Gasteiger partial charge >= 0.3 is 5.97 Å². The smallest absolute Gasteiger partial charge is 0.307 e. The second kappa shape index (κ2) is 6.89. The van der Waals surface area contributed by atoms with E-state index in [-0.39, 0.29) is 5.92 Å². The zero-order chi connectivity index (χ0) is 14.5. The van der Waals surface area contributed by atoms with Crippen LogP contribution >= 0.6 is 0 Å². The molecule has 20 heavy (non-hydrogen) atoms. The minimum atomic E-state index is -0.641. The zero-order valence-corrected chi connectivity index (χ0v) is 12.5. The Morgan fingerprint density at radius 2 is 2.05 bits per heavy atom. The summed E-state index contributed by atoms with van der Waals surface area (Å²) in [6, 6.07) is 10.5. The van der Waals surface area contributed by atoms with Gasteiger partial charge in [-0.25, -0.2) is 0 Å². The maximum Gasteiger partial charge on any atom is 0.307 e. The lowest BCUT2D eigenvalue weighted by Gasteiger charge is -2.36. The van der Waals surface area contributed by atoms with E-state index in [2.05, 4.69) is 43.0 Å². The summed E-state index contributed by atoms with van der Waals surface area (Å²) in [7, 11) is 0. The number of hydrogen-bond acceptors (Lipinski definition) is 2. The van der Waals surface area contributed by atoms with E-state index in [1.807, 2.05) is 6.07 Å². The molecule has 3 nitrogen and oxygen atoms in total. The molecule has 0 saturated carbocycles. The Hall–Kier alpha value is -1.35. The van der Waals surface area contributed by atoms with Crippen molar-refractivity contribution in [3.8, 4) is 0 Å². The fourth-order valence-corrected chi connectivity index (χ4v) is 3.31. The first kappa shape index (κ1) is 15.0. The maximum atomic E-state index is 11.2. The van der Waals surface area contributed by atoms with Crippen LogP contribution in [0.4, 0.5) is 0 Å². The summed E-state index contributed by atoms with van der Waals surface area (Å²) in [4.78, 5) is 13.5. The van der Waals surface area contributed by atoms with E-state index in [0.717, 1.165) is 25.9 Å². The lowest BCUT2D eigenvalue weighted by Crippen LogP contribution is -2.44. The zero-order valence-electron chi connectivity index (χ0n) is 12.5. The average molecular weight is 275 g/mol. The molecule has 0 aliphatic carbocycles. The lowest BCUT2D eigenvalue weighted by atomic mass is 9.89. The molecule has 1 N–H and O–H groups in total. The molecule has 2 rings (SSSR count). The van der Waals surface area contributed by atoms with Gasteiger partial charge in [0.15, 0.2) is 0 Å². The first-order valence-corrected chi connectivity index (χ1v) is 7.53. The molecule has 1 aliphatic heterocycles. The molecule has 1 aromatic carbocycles. The van der Waals surface area contributed by atoms with Crippen LogP contribution in [0.1, 0.15) is 25.8 Å². The summed E-state index contributed by atoms with van der Waals surface area (Å²) >= 11 is 0. The highest BCUT2D eigenvalue weighted by molar-refractivity contribution is 5.70. The fraction of sp³-hybridized carbons (Fsp3) is 0.588. The van der Waals surface area contributed by atoms with Crippen LogP contribution in [0.15, 0.2) is 30.3 Å². The Morgan fingerprint density at radius 1 is 1.35 bits per heavy atom. The molecule has 3 heteroatoms. The maximum absolute atomic E-state index is 11.2. The number of hydrogen-bond donors (Lipinski definition) is 1. The van der Waals surface area contributed by atoms with Gasteiger partial charge in [-0.3, -0.25) is 4.79 Å². The normalized spacial score (nSPS) is 25.3. The molecule has 3 atom stereocenters. The highest BCUT2D eigenvalue weighted by Gasteiger charge is 2.29. The number of rotatable bonds is 5. The minimum absolute atomic E-state index is 0.192. The molecule has 1 aromatic rings. The topological polar surface area (TPSA) is 40.5 Å². The summed E-state index contributed by atoms with van der Waals surface area (Å²) in [5, 5.41) is 9.22. The van der Waals surface area contributed by atoms with Gasteiger partial charge in [0.1, 0.15) is 0 Å². The summed E-state index contributed by atoms with van der Waals surface area (Å²) in [5.41, 5.74) is 1.36. The third kappa shape index (κ3) is 4.34. The van der Waals surface area contributed by atoms with E-state index >= 15 is 0 Å². The number of carbonyl (C=O) groups is 1. The third-order valence-electron chi connectivity index (χ3n) is 4.08. The van der Waals surface area contributed by atoms with Gasteiger partial charge in [-0.05, 0) is 30.2 Å². The van der Waals surface area contributed by atoms with Crippen LogP contribution in [0.2, 0.25) is 0 Å². The van der Waals surface area contributed by atoms with Crippen molar-refractivity contribution in [1.29, 1.82) is 0 Å². The molecule has 1 saturated heterocycles. The van der Waals surface area contributed by atoms with Gasteiger partial charge < -0.3 is 10.0 Å².